The quantitative estimate of drug-likeness (QED) is 0.861. The summed E-state index contributed by atoms with van der Waals surface area (Å²) in [6, 6.07) is 8.96. The van der Waals surface area contributed by atoms with Crippen molar-refractivity contribution in [1.29, 1.82) is 0 Å². The number of imide groups is 1. The number of aromatic nitrogens is 2. The Morgan fingerprint density at radius 3 is 2.83 bits per heavy atom. The highest BCUT2D eigenvalue weighted by Crippen LogP contribution is 2.34. The van der Waals surface area contributed by atoms with Crippen LogP contribution < -0.4 is 5.32 Å². The number of rotatable bonds is 3. The van der Waals surface area contributed by atoms with Crippen molar-refractivity contribution >= 4 is 23.7 Å². The van der Waals surface area contributed by atoms with E-state index in [1.807, 2.05) is 30.3 Å². The smallest absolute Gasteiger partial charge is 0.325 e. The molecule has 0 radical (unpaired) electrons. The molecule has 2 aromatic rings. The Labute approximate surface area is 136 Å². The fourth-order valence-corrected chi connectivity index (χ4v) is 4.13. The van der Waals surface area contributed by atoms with Crippen LogP contribution in [0, 0.1) is 0 Å². The molecule has 23 heavy (non-hydrogen) atoms. The first-order valence-corrected chi connectivity index (χ1v) is 8.43. The van der Waals surface area contributed by atoms with Crippen molar-refractivity contribution in [3.63, 3.8) is 0 Å². The third-order valence-corrected chi connectivity index (χ3v) is 5.24. The Hall–Kier alpha value is -2.35. The molecule has 7 nitrogen and oxygen atoms in total. The van der Waals surface area contributed by atoms with E-state index in [1.165, 1.54) is 0 Å². The SMILES string of the molecule is O=C1NC2(CCSC2)C(=O)N1Cc1nnc(-c2ccccc2)o1. The number of nitrogens with one attached hydrogen (secondary N) is 1. The maximum atomic E-state index is 12.6. The average Bonchev–Trinajstić information content (AvgIpc) is 3.27. The number of hydrogen-bond donors (Lipinski definition) is 1. The fraction of sp³-hybridized carbons (Fsp3) is 0.333. The van der Waals surface area contributed by atoms with Crippen molar-refractivity contribution in [2.75, 3.05) is 11.5 Å². The Morgan fingerprint density at radius 2 is 2.09 bits per heavy atom. The summed E-state index contributed by atoms with van der Waals surface area (Å²) in [5.74, 6) is 1.91. The molecule has 2 fully saturated rings. The maximum Gasteiger partial charge on any atom is 0.325 e. The summed E-state index contributed by atoms with van der Waals surface area (Å²) in [6.45, 7) is -0.00306. The standard InChI is InChI=1S/C15H14N4O3S/c20-13-15(6-7-23-9-15)16-14(21)19(13)8-11-17-18-12(22-11)10-4-2-1-3-5-10/h1-5H,6-9H2,(H,16,21). The van der Waals surface area contributed by atoms with E-state index < -0.39 is 11.6 Å². The van der Waals surface area contributed by atoms with Crippen molar-refractivity contribution in [1.82, 2.24) is 20.4 Å². The topological polar surface area (TPSA) is 88.3 Å². The van der Waals surface area contributed by atoms with Crippen molar-refractivity contribution in [3.8, 4) is 11.5 Å². The number of carbonyl (C=O) groups excluding carboxylic acids is 2. The first kappa shape index (κ1) is 14.3. The van der Waals surface area contributed by atoms with Gasteiger partial charge in [0.15, 0.2) is 0 Å². The van der Waals surface area contributed by atoms with E-state index in [9.17, 15) is 9.59 Å². The Bertz CT molecular complexity index is 755. The lowest BCUT2D eigenvalue weighted by Gasteiger charge is -2.18. The lowest BCUT2D eigenvalue weighted by Crippen LogP contribution is -2.46. The molecule has 0 saturated carbocycles. The van der Waals surface area contributed by atoms with Crippen LogP contribution in [0.1, 0.15) is 12.3 Å². The molecule has 1 unspecified atom stereocenters. The van der Waals surface area contributed by atoms with Gasteiger partial charge in [-0.05, 0) is 24.3 Å². The summed E-state index contributed by atoms with van der Waals surface area (Å²) in [7, 11) is 0. The van der Waals surface area contributed by atoms with Gasteiger partial charge in [-0.2, -0.15) is 11.8 Å². The van der Waals surface area contributed by atoms with E-state index in [1.54, 1.807) is 11.8 Å². The second-order valence-electron chi connectivity index (χ2n) is 5.57. The molecule has 2 saturated heterocycles. The zero-order valence-corrected chi connectivity index (χ0v) is 13.0. The molecule has 3 heterocycles. The van der Waals surface area contributed by atoms with Gasteiger partial charge in [0.05, 0.1) is 0 Å². The minimum atomic E-state index is -0.746. The van der Waals surface area contributed by atoms with Crippen molar-refractivity contribution in [2.24, 2.45) is 0 Å². The number of hydrogen-bond acceptors (Lipinski definition) is 6. The third kappa shape index (κ3) is 2.39. The summed E-state index contributed by atoms with van der Waals surface area (Å²) in [5.41, 5.74) is 0.0523. The highest BCUT2D eigenvalue weighted by Gasteiger charge is 2.53. The van der Waals surface area contributed by atoms with Gasteiger partial charge in [-0.25, -0.2) is 4.79 Å². The van der Waals surface area contributed by atoms with Crippen LogP contribution in [0.3, 0.4) is 0 Å². The van der Waals surface area contributed by atoms with Gasteiger partial charge >= 0.3 is 6.03 Å². The van der Waals surface area contributed by atoms with Gasteiger partial charge in [-0.3, -0.25) is 9.69 Å². The van der Waals surface area contributed by atoms with Gasteiger partial charge in [0.1, 0.15) is 12.1 Å². The normalized spacial score (nSPS) is 23.7. The number of urea groups is 1. The Morgan fingerprint density at radius 1 is 1.26 bits per heavy atom. The van der Waals surface area contributed by atoms with E-state index in [-0.39, 0.29) is 18.3 Å². The van der Waals surface area contributed by atoms with Crippen LogP contribution in [0.25, 0.3) is 11.5 Å². The zero-order valence-electron chi connectivity index (χ0n) is 12.2. The highest BCUT2D eigenvalue weighted by atomic mass is 32.2. The number of carbonyl (C=O) groups is 2. The number of nitrogens with zero attached hydrogens (tertiary/aromatic N) is 3. The molecular weight excluding hydrogens is 316 g/mol. The van der Waals surface area contributed by atoms with Crippen LogP contribution in [-0.4, -0.2) is 44.1 Å². The molecule has 1 atom stereocenters. The molecule has 2 aliphatic rings. The monoisotopic (exact) mass is 330 g/mol. The van der Waals surface area contributed by atoms with Gasteiger partial charge in [0.2, 0.25) is 11.8 Å². The highest BCUT2D eigenvalue weighted by molar-refractivity contribution is 7.99. The second kappa shape index (κ2) is 5.38. The minimum absolute atomic E-state index is 0.00306. The number of benzene rings is 1. The molecule has 2 aliphatic heterocycles. The fourth-order valence-electron chi connectivity index (χ4n) is 2.80. The number of thioether (sulfide) groups is 1. The van der Waals surface area contributed by atoms with Gasteiger partial charge < -0.3 is 9.73 Å². The van der Waals surface area contributed by atoms with Crippen LogP contribution >= 0.6 is 11.8 Å². The van der Waals surface area contributed by atoms with Gasteiger partial charge in [0.25, 0.3) is 5.91 Å². The van der Waals surface area contributed by atoms with Crippen molar-refractivity contribution < 1.29 is 14.0 Å². The van der Waals surface area contributed by atoms with E-state index in [0.29, 0.717) is 18.1 Å². The van der Waals surface area contributed by atoms with E-state index in [0.717, 1.165) is 16.2 Å². The minimum Gasteiger partial charge on any atom is -0.419 e. The summed E-state index contributed by atoms with van der Waals surface area (Å²) >= 11 is 1.67. The second-order valence-corrected chi connectivity index (χ2v) is 6.68. The molecule has 1 spiro atoms. The van der Waals surface area contributed by atoms with Crippen LogP contribution in [0.5, 0.6) is 0 Å². The molecule has 118 valence electrons. The molecule has 3 amide bonds. The summed E-state index contributed by atoms with van der Waals surface area (Å²) in [4.78, 5) is 25.8. The summed E-state index contributed by atoms with van der Waals surface area (Å²) in [6.07, 6.45) is 0.665. The first-order valence-electron chi connectivity index (χ1n) is 7.28. The van der Waals surface area contributed by atoms with Crippen LogP contribution in [-0.2, 0) is 11.3 Å². The van der Waals surface area contributed by atoms with E-state index >= 15 is 0 Å². The van der Waals surface area contributed by atoms with Crippen LogP contribution in [0.15, 0.2) is 34.7 Å². The molecule has 4 rings (SSSR count). The molecule has 1 N–H and O–H groups in total. The van der Waals surface area contributed by atoms with Gasteiger partial charge in [-0.1, -0.05) is 18.2 Å². The molecular formula is C15H14N4O3S. The van der Waals surface area contributed by atoms with Crippen molar-refractivity contribution in [3.05, 3.63) is 36.2 Å². The third-order valence-electron chi connectivity index (χ3n) is 4.05. The maximum absolute atomic E-state index is 12.6. The largest absolute Gasteiger partial charge is 0.419 e. The Balaban J connectivity index is 1.54. The molecule has 1 aromatic carbocycles. The lowest BCUT2D eigenvalue weighted by molar-refractivity contribution is -0.131. The number of amides is 3. The predicted octanol–water partition coefficient (Wildman–Crippen LogP) is 1.66. The van der Waals surface area contributed by atoms with Gasteiger partial charge in [-0.15, -0.1) is 10.2 Å². The molecule has 0 aliphatic carbocycles. The Kier molecular flexibility index (Phi) is 3.33. The summed E-state index contributed by atoms with van der Waals surface area (Å²) < 4.78 is 5.58. The average molecular weight is 330 g/mol. The zero-order chi connectivity index (χ0) is 15.9. The lowest BCUT2D eigenvalue weighted by atomic mass is 9.99. The van der Waals surface area contributed by atoms with Crippen molar-refractivity contribution in [2.45, 2.75) is 18.5 Å². The molecule has 1 aromatic heterocycles. The summed E-state index contributed by atoms with van der Waals surface area (Å²) in [5, 5.41) is 10.7. The van der Waals surface area contributed by atoms with Gasteiger partial charge in [0, 0.05) is 11.3 Å². The molecule has 8 heteroatoms. The first-order chi connectivity index (χ1) is 11.2. The van der Waals surface area contributed by atoms with Crippen LogP contribution in [0.2, 0.25) is 0 Å². The van der Waals surface area contributed by atoms with E-state index in [2.05, 4.69) is 15.5 Å². The predicted molar refractivity (Wildman–Crippen MR) is 83.5 cm³/mol. The van der Waals surface area contributed by atoms with Crippen LogP contribution in [0.4, 0.5) is 4.79 Å². The molecule has 0 bridgehead atoms. The van der Waals surface area contributed by atoms with E-state index in [4.69, 9.17) is 4.42 Å².